The Morgan fingerprint density at radius 2 is 1.34 bits per heavy atom. The fraction of sp³-hybridized carbons (Fsp3) is 0. The highest BCUT2D eigenvalue weighted by Crippen LogP contribution is 2.32. The predicted molar refractivity (Wildman–Crippen MR) is 111 cm³/mol. The molecule has 0 saturated carbocycles. The van der Waals surface area contributed by atoms with E-state index < -0.39 is 0 Å². The summed E-state index contributed by atoms with van der Waals surface area (Å²) in [5.41, 5.74) is 3.68. The Hall–Kier alpha value is -4.26. The minimum Gasteiger partial charge on any atom is -0.289 e. The van der Waals surface area contributed by atoms with E-state index in [-0.39, 0.29) is 0 Å². The summed E-state index contributed by atoms with van der Waals surface area (Å²) in [7, 11) is 0. The van der Waals surface area contributed by atoms with Gasteiger partial charge in [0.1, 0.15) is 0 Å². The largest absolute Gasteiger partial charge is 0.289 e. The summed E-state index contributed by atoms with van der Waals surface area (Å²) < 4.78 is 1.84. The van der Waals surface area contributed by atoms with E-state index >= 15 is 0 Å². The number of benzene rings is 2. The lowest BCUT2D eigenvalue weighted by atomic mass is 10.3. The first-order valence-corrected chi connectivity index (χ1v) is 9.16. The van der Waals surface area contributed by atoms with Crippen molar-refractivity contribution >= 4 is 17.2 Å². The van der Waals surface area contributed by atoms with Gasteiger partial charge in [0.25, 0.3) is 0 Å². The van der Waals surface area contributed by atoms with E-state index in [0.29, 0.717) is 5.82 Å². The molecule has 0 bridgehead atoms. The smallest absolute Gasteiger partial charge is 0.180 e. The lowest BCUT2D eigenvalue weighted by Crippen LogP contribution is -2.10. The van der Waals surface area contributed by atoms with Gasteiger partial charge in [0.2, 0.25) is 0 Å². The zero-order chi connectivity index (χ0) is 19.5. The molecule has 0 aliphatic carbocycles. The summed E-state index contributed by atoms with van der Waals surface area (Å²) in [6, 6.07) is 23.7. The van der Waals surface area contributed by atoms with Crippen molar-refractivity contribution in [2.45, 2.75) is 0 Å². The van der Waals surface area contributed by atoms with Gasteiger partial charge in [-0.15, -0.1) is 9.90 Å². The van der Waals surface area contributed by atoms with Crippen LogP contribution in [0.3, 0.4) is 0 Å². The van der Waals surface area contributed by atoms with Crippen molar-refractivity contribution in [3.63, 3.8) is 0 Å². The summed E-state index contributed by atoms with van der Waals surface area (Å²) in [4.78, 5) is 7.75. The van der Waals surface area contributed by atoms with Crippen LogP contribution in [-0.4, -0.2) is 29.8 Å². The van der Waals surface area contributed by atoms with Gasteiger partial charge in [0.15, 0.2) is 5.82 Å². The highest BCUT2D eigenvalue weighted by molar-refractivity contribution is 5.72. The molecule has 7 heteroatoms. The standard InChI is InChI=1S/C22H17N7/c1-3-7-18(8-4-1)27-17-21(15-24-27)28(19-11-13-23-14-12-19)22-16-25-29(26-22)20-9-5-2-6-10-20/h1-17H. The van der Waals surface area contributed by atoms with Gasteiger partial charge in [-0.2, -0.15) is 10.2 Å². The Kier molecular flexibility index (Phi) is 4.31. The van der Waals surface area contributed by atoms with Gasteiger partial charge in [0.05, 0.1) is 41.3 Å². The fourth-order valence-corrected chi connectivity index (χ4v) is 3.10. The summed E-state index contributed by atoms with van der Waals surface area (Å²) >= 11 is 0. The number of para-hydroxylation sites is 2. The average molecular weight is 379 g/mol. The molecule has 0 radical (unpaired) electrons. The van der Waals surface area contributed by atoms with Crippen LogP contribution in [0.5, 0.6) is 0 Å². The molecule has 0 saturated heterocycles. The third-order valence-corrected chi connectivity index (χ3v) is 4.46. The molecule has 0 spiro atoms. The first kappa shape index (κ1) is 16.9. The lowest BCUT2D eigenvalue weighted by molar-refractivity contribution is 0.751. The molecule has 3 heterocycles. The molecule has 5 rings (SSSR count). The van der Waals surface area contributed by atoms with Crippen LogP contribution < -0.4 is 4.90 Å². The van der Waals surface area contributed by atoms with Gasteiger partial charge in [-0.05, 0) is 36.4 Å². The first-order valence-electron chi connectivity index (χ1n) is 9.16. The molecule has 3 aromatic heterocycles. The monoisotopic (exact) mass is 379 g/mol. The summed E-state index contributed by atoms with van der Waals surface area (Å²) in [6.45, 7) is 0. The molecule has 140 valence electrons. The Morgan fingerprint density at radius 1 is 0.655 bits per heavy atom. The fourth-order valence-electron chi connectivity index (χ4n) is 3.10. The van der Waals surface area contributed by atoms with Crippen molar-refractivity contribution in [1.29, 1.82) is 0 Å². The third kappa shape index (κ3) is 3.37. The summed E-state index contributed by atoms with van der Waals surface area (Å²) in [6.07, 6.45) is 9.04. The van der Waals surface area contributed by atoms with Crippen LogP contribution in [0.25, 0.3) is 11.4 Å². The zero-order valence-corrected chi connectivity index (χ0v) is 15.4. The second kappa shape index (κ2) is 7.40. The van der Waals surface area contributed by atoms with Crippen LogP contribution in [-0.2, 0) is 0 Å². The Balaban J connectivity index is 1.57. The van der Waals surface area contributed by atoms with E-state index in [2.05, 4.69) is 20.3 Å². The second-order valence-electron chi connectivity index (χ2n) is 6.35. The number of rotatable bonds is 5. The molecular formula is C22H17N7. The van der Waals surface area contributed by atoms with E-state index in [1.165, 1.54) is 0 Å². The topological polar surface area (TPSA) is 64.7 Å². The quantitative estimate of drug-likeness (QED) is 0.455. The Bertz CT molecular complexity index is 1120. The van der Waals surface area contributed by atoms with E-state index in [0.717, 1.165) is 22.7 Å². The summed E-state index contributed by atoms with van der Waals surface area (Å²) in [5, 5.41) is 13.7. The van der Waals surface area contributed by atoms with Gasteiger partial charge in [-0.3, -0.25) is 9.88 Å². The molecule has 0 amide bonds. The minimum atomic E-state index is 0.688. The number of anilines is 3. The molecule has 0 atom stereocenters. The normalized spacial score (nSPS) is 10.8. The highest BCUT2D eigenvalue weighted by atomic mass is 15.5. The number of hydrogen-bond acceptors (Lipinski definition) is 5. The van der Waals surface area contributed by atoms with Crippen LogP contribution in [0.2, 0.25) is 0 Å². The maximum Gasteiger partial charge on any atom is 0.180 e. The van der Waals surface area contributed by atoms with Gasteiger partial charge in [-0.1, -0.05) is 36.4 Å². The predicted octanol–water partition coefficient (Wildman–Crippen LogP) is 4.32. The maximum atomic E-state index is 4.69. The van der Waals surface area contributed by atoms with Crippen LogP contribution in [0.1, 0.15) is 0 Å². The van der Waals surface area contributed by atoms with E-state index in [4.69, 9.17) is 0 Å². The molecule has 2 aromatic carbocycles. The molecule has 29 heavy (non-hydrogen) atoms. The number of aromatic nitrogens is 6. The van der Waals surface area contributed by atoms with E-state index in [1.54, 1.807) is 23.4 Å². The van der Waals surface area contributed by atoms with Crippen LogP contribution in [0.4, 0.5) is 17.2 Å². The number of nitrogens with zero attached hydrogens (tertiary/aromatic N) is 7. The van der Waals surface area contributed by atoms with Crippen molar-refractivity contribution in [1.82, 2.24) is 29.8 Å². The first-order chi connectivity index (χ1) is 14.4. The molecule has 0 fully saturated rings. The van der Waals surface area contributed by atoms with Gasteiger partial charge in [-0.25, -0.2) is 4.68 Å². The zero-order valence-electron chi connectivity index (χ0n) is 15.4. The molecule has 0 aliphatic rings. The minimum absolute atomic E-state index is 0.688. The van der Waals surface area contributed by atoms with E-state index in [9.17, 15) is 0 Å². The maximum absolute atomic E-state index is 4.69. The second-order valence-corrected chi connectivity index (χ2v) is 6.35. The Labute approximate surface area is 167 Å². The molecule has 7 nitrogen and oxygen atoms in total. The molecule has 0 N–H and O–H groups in total. The van der Waals surface area contributed by atoms with Crippen LogP contribution in [0.15, 0.2) is 104 Å². The van der Waals surface area contributed by atoms with Gasteiger partial charge < -0.3 is 0 Å². The molecule has 5 aromatic rings. The van der Waals surface area contributed by atoms with Crippen molar-refractivity contribution in [2.75, 3.05) is 4.90 Å². The number of pyridine rings is 1. The van der Waals surface area contributed by atoms with Crippen molar-refractivity contribution in [3.05, 3.63) is 104 Å². The van der Waals surface area contributed by atoms with Crippen molar-refractivity contribution in [3.8, 4) is 11.4 Å². The Morgan fingerprint density at radius 3 is 2.07 bits per heavy atom. The highest BCUT2D eigenvalue weighted by Gasteiger charge is 2.18. The molecular weight excluding hydrogens is 362 g/mol. The lowest BCUT2D eigenvalue weighted by Gasteiger charge is -2.19. The van der Waals surface area contributed by atoms with Crippen LogP contribution >= 0.6 is 0 Å². The third-order valence-electron chi connectivity index (χ3n) is 4.46. The van der Waals surface area contributed by atoms with Gasteiger partial charge in [0, 0.05) is 12.4 Å². The molecule has 0 unspecified atom stereocenters. The molecule has 0 aliphatic heterocycles. The van der Waals surface area contributed by atoms with Gasteiger partial charge >= 0.3 is 0 Å². The average Bonchev–Trinajstić information content (AvgIpc) is 3.47. The van der Waals surface area contributed by atoms with E-state index in [1.807, 2.05) is 94.8 Å². The SMILES string of the molecule is c1ccc(-n2cc(N(c3ccncc3)c3cnn(-c4ccccc4)n3)cn2)cc1. The van der Waals surface area contributed by atoms with Crippen molar-refractivity contribution in [2.24, 2.45) is 0 Å². The van der Waals surface area contributed by atoms with Crippen LogP contribution in [0, 0.1) is 0 Å². The van der Waals surface area contributed by atoms with Crippen molar-refractivity contribution < 1.29 is 0 Å². The summed E-state index contributed by atoms with van der Waals surface area (Å²) in [5.74, 6) is 0.688. The number of hydrogen-bond donors (Lipinski definition) is 0.